The molecular weight excluding hydrogens is 192 g/mol. The largest absolute Gasteiger partial charge is 0.482 e. The van der Waals surface area contributed by atoms with Crippen molar-refractivity contribution in [3.63, 3.8) is 0 Å². The molecule has 4 heteroatoms. The molecule has 2 rings (SSSR count). The fourth-order valence-electron chi connectivity index (χ4n) is 1.70. The van der Waals surface area contributed by atoms with Crippen LogP contribution in [0, 0.1) is 0 Å². The first-order chi connectivity index (χ1) is 7.26. The highest BCUT2D eigenvalue weighted by Crippen LogP contribution is 2.34. The van der Waals surface area contributed by atoms with Crippen LogP contribution >= 0.6 is 0 Å². The molecule has 0 bridgehead atoms. The molecule has 1 amide bonds. The normalized spacial score (nSPS) is 14.5. The third-order valence-electron chi connectivity index (χ3n) is 2.51. The Morgan fingerprint density at radius 1 is 1.53 bits per heavy atom. The molecule has 4 nitrogen and oxygen atoms in total. The first kappa shape index (κ1) is 9.83. The Hall–Kier alpha value is -1.71. The van der Waals surface area contributed by atoms with Crippen molar-refractivity contribution in [2.75, 3.05) is 30.4 Å². The van der Waals surface area contributed by atoms with Gasteiger partial charge in [-0.3, -0.25) is 4.79 Å². The van der Waals surface area contributed by atoms with Gasteiger partial charge in [-0.1, -0.05) is 0 Å². The van der Waals surface area contributed by atoms with Crippen LogP contribution in [0.5, 0.6) is 5.75 Å². The molecule has 1 N–H and O–H groups in total. The van der Waals surface area contributed by atoms with Crippen molar-refractivity contribution in [2.45, 2.75) is 6.92 Å². The first-order valence-electron chi connectivity index (χ1n) is 5.01. The summed E-state index contributed by atoms with van der Waals surface area (Å²) in [5.74, 6) is 0.786. The molecule has 0 fully saturated rings. The molecule has 0 saturated heterocycles. The van der Waals surface area contributed by atoms with E-state index in [0.29, 0.717) is 6.54 Å². The average Bonchev–Trinajstić information content (AvgIpc) is 2.28. The van der Waals surface area contributed by atoms with Gasteiger partial charge in [-0.2, -0.15) is 0 Å². The zero-order valence-corrected chi connectivity index (χ0v) is 8.91. The van der Waals surface area contributed by atoms with E-state index < -0.39 is 0 Å². The molecule has 1 aromatic rings. The van der Waals surface area contributed by atoms with E-state index in [-0.39, 0.29) is 12.5 Å². The summed E-state index contributed by atoms with van der Waals surface area (Å²) in [6, 6.07) is 5.74. The minimum absolute atomic E-state index is 0.0123. The van der Waals surface area contributed by atoms with Crippen LogP contribution in [0.25, 0.3) is 0 Å². The van der Waals surface area contributed by atoms with Crippen molar-refractivity contribution in [1.82, 2.24) is 0 Å². The Bertz CT molecular complexity index is 390. The standard InChI is InChI=1S/C11H14N2O2/c1-3-13-9-6-8(12-2)4-5-10(9)15-7-11(13)14/h4-6,12H,3,7H2,1-2H3. The summed E-state index contributed by atoms with van der Waals surface area (Å²) in [6.45, 7) is 2.77. The van der Waals surface area contributed by atoms with E-state index >= 15 is 0 Å². The molecule has 0 spiro atoms. The molecule has 1 heterocycles. The predicted molar refractivity (Wildman–Crippen MR) is 59.5 cm³/mol. The Kier molecular flexibility index (Phi) is 2.49. The van der Waals surface area contributed by atoms with Gasteiger partial charge in [0.1, 0.15) is 5.75 Å². The van der Waals surface area contributed by atoms with Gasteiger partial charge in [0.15, 0.2) is 6.61 Å². The van der Waals surface area contributed by atoms with Crippen molar-refractivity contribution in [1.29, 1.82) is 0 Å². The number of anilines is 2. The van der Waals surface area contributed by atoms with Crippen LogP contribution in [0.15, 0.2) is 18.2 Å². The maximum absolute atomic E-state index is 11.6. The van der Waals surface area contributed by atoms with Gasteiger partial charge in [0, 0.05) is 19.3 Å². The number of hydrogen-bond acceptors (Lipinski definition) is 3. The summed E-state index contributed by atoms with van der Waals surface area (Å²) in [5.41, 5.74) is 1.83. The zero-order valence-electron chi connectivity index (χ0n) is 8.91. The van der Waals surface area contributed by atoms with E-state index in [9.17, 15) is 4.79 Å². The maximum Gasteiger partial charge on any atom is 0.265 e. The molecule has 0 unspecified atom stereocenters. The molecule has 0 aromatic heterocycles. The van der Waals surface area contributed by atoms with E-state index in [1.54, 1.807) is 4.90 Å². The fourth-order valence-corrected chi connectivity index (χ4v) is 1.70. The lowest BCUT2D eigenvalue weighted by molar-refractivity contribution is -0.121. The minimum Gasteiger partial charge on any atom is -0.482 e. The lowest BCUT2D eigenvalue weighted by Gasteiger charge is -2.28. The minimum atomic E-state index is 0.0123. The molecule has 15 heavy (non-hydrogen) atoms. The highest BCUT2D eigenvalue weighted by Gasteiger charge is 2.23. The van der Waals surface area contributed by atoms with E-state index in [2.05, 4.69) is 5.32 Å². The third-order valence-corrected chi connectivity index (χ3v) is 2.51. The van der Waals surface area contributed by atoms with E-state index in [1.807, 2.05) is 32.2 Å². The smallest absolute Gasteiger partial charge is 0.265 e. The summed E-state index contributed by atoms with van der Waals surface area (Å²) in [7, 11) is 1.85. The summed E-state index contributed by atoms with van der Waals surface area (Å²) in [5, 5.41) is 3.04. The first-order valence-corrected chi connectivity index (χ1v) is 5.01. The van der Waals surface area contributed by atoms with Crippen LogP contribution in [0.4, 0.5) is 11.4 Å². The van der Waals surface area contributed by atoms with Gasteiger partial charge in [-0.25, -0.2) is 0 Å². The van der Waals surface area contributed by atoms with Crippen LogP contribution < -0.4 is 15.0 Å². The lowest BCUT2D eigenvalue weighted by Crippen LogP contribution is -2.38. The Morgan fingerprint density at radius 3 is 3.00 bits per heavy atom. The van der Waals surface area contributed by atoms with Gasteiger partial charge in [-0.15, -0.1) is 0 Å². The summed E-state index contributed by atoms with van der Waals surface area (Å²) in [6.07, 6.45) is 0. The number of carbonyl (C=O) groups is 1. The number of likely N-dealkylation sites (N-methyl/N-ethyl adjacent to an activating group) is 1. The number of hydrogen-bond donors (Lipinski definition) is 1. The van der Waals surface area contributed by atoms with E-state index in [4.69, 9.17) is 4.74 Å². The summed E-state index contributed by atoms with van der Waals surface area (Å²) >= 11 is 0. The summed E-state index contributed by atoms with van der Waals surface area (Å²) < 4.78 is 5.35. The maximum atomic E-state index is 11.6. The molecule has 0 atom stereocenters. The van der Waals surface area contributed by atoms with Gasteiger partial charge < -0.3 is 15.0 Å². The molecule has 0 radical (unpaired) electrons. The SMILES string of the molecule is CCN1C(=O)COc2ccc(NC)cc21. The highest BCUT2D eigenvalue weighted by atomic mass is 16.5. The van der Waals surface area contributed by atoms with E-state index in [0.717, 1.165) is 17.1 Å². The molecule has 0 aliphatic carbocycles. The Labute approximate surface area is 88.8 Å². The Morgan fingerprint density at radius 2 is 2.33 bits per heavy atom. The molecule has 0 saturated carbocycles. The number of nitrogens with zero attached hydrogens (tertiary/aromatic N) is 1. The number of rotatable bonds is 2. The highest BCUT2D eigenvalue weighted by molar-refractivity contribution is 5.98. The second-order valence-corrected chi connectivity index (χ2v) is 3.36. The van der Waals surface area contributed by atoms with Crippen molar-refractivity contribution in [2.24, 2.45) is 0 Å². The molecule has 80 valence electrons. The monoisotopic (exact) mass is 206 g/mol. The fraction of sp³-hybridized carbons (Fsp3) is 0.364. The molecular formula is C11H14N2O2. The van der Waals surface area contributed by atoms with E-state index in [1.165, 1.54) is 0 Å². The van der Waals surface area contributed by atoms with Crippen molar-refractivity contribution < 1.29 is 9.53 Å². The van der Waals surface area contributed by atoms with Crippen LogP contribution in [-0.2, 0) is 4.79 Å². The second-order valence-electron chi connectivity index (χ2n) is 3.36. The van der Waals surface area contributed by atoms with Crippen molar-refractivity contribution >= 4 is 17.3 Å². The number of carbonyl (C=O) groups excluding carboxylic acids is 1. The van der Waals surface area contributed by atoms with Gasteiger partial charge in [-0.05, 0) is 25.1 Å². The number of fused-ring (bicyclic) bond motifs is 1. The van der Waals surface area contributed by atoms with Gasteiger partial charge in [0.2, 0.25) is 0 Å². The van der Waals surface area contributed by atoms with Gasteiger partial charge in [0.25, 0.3) is 5.91 Å². The molecule has 1 aromatic carbocycles. The van der Waals surface area contributed by atoms with Crippen molar-refractivity contribution in [3.8, 4) is 5.75 Å². The van der Waals surface area contributed by atoms with Gasteiger partial charge >= 0.3 is 0 Å². The number of ether oxygens (including phenoxy) is 1. The summed E-state index contributed by atoms with van der Waals surface area (Å²) in [4.78, 5) is 13.3. The molecule has 1 aliphatic heterocycles. The number of amides is 1. The lowest BCUT2D eigenvalue weighted by atomic mass is 10.2. The quantitative estimate of drug-likeness (QED) is 0.796. The second kappa shape index (κ2) is 3.81. The zero-order chi connectivity index (χ0) is 10.8. The predicted octanol–water partition coefficient (Wildman–Crippen LogP) is 1.47. The third kappa shape index (κ3) is 1.63. The van der Waals surface area contributed by atoms with Crippen LogP contribution in [-0.4, -0.2) is 26.1 Å². The molecule has 1 aliphatic rings. The Balaban J connectivity index is 2.45. The van der Waals surface area contributed by atoms with Crippen LogP contribution in [0.2, 0.25) is 0 Å². The van der Waals surface area contributed by atoms with Crippen LogP contribution in [0.3, 0.4) is 0 Å². The number of benzene rings is 1. The van der Waals surface area contributed by atoms with Gasteiger partial charge in [0.05, 0.1) is 5.69 Å². The topological polar surface area (TPSA) is 41.6 Å². The van der Waals surface area contributed by atoms with Crippen LogP contribution in [0.1, 0.15) is 6.92 Å². The number of nitrogens with one attached hydrogen (secondary N) is 1. The average molecular weight is 206 g/mol. The van der Waals surface area contributed by atoms with Crippen molar-refractivity contribution in [3.05, 3.63) is 18.2 Å².